The highest BCUT2D eigenvalue weighted by Crippen LogP contribution is 2.41. The van der Waals surface area contributed by atoms with Crippen molar-refractivity contribution in [3.8, 4) is 17.2 Å². The van der Waals surface area contributed by atoms with E-state index in [1.54, 1.807) is 7.11 Å². The summed E-state index contributed by atoms with van der Waals surface area (Å²) in [5, 5.41) is 7.07. The lowest BCUT2D eigenvalue weighted by Gasteiger charge is -2.39. The molecule has 2 saturated heterocycles. The SMILES string of the molecule is COc1ccccc1NC(=O)N1CCC2(CC1)CCN(C(=S)Nc1ccc3c(c1)OCCO3)C2. The van der Waals surface area contributed by atoms with Gasteiger partial charge in [-0.05, 0) is 61.2 Å². The Kier molecular flexibility index (Phi) is 6.36. The van der Waals surface area contributed by atoms with Crippen molar-refractivity contribution >= 4 is 34.7 Å². The number of para-hydroxylation sites is 2. The summed E-state index contributed by atoms with van der Waals surface area (Å²) >= 11 is 5.72. The summed E-state index contributed by atoms with van der Waals surface area (Å²) in [5.41, 5.74) is 1.79. The van der Waals surface area contributed by atoms with E-state index in [4.69, 9.17) is 26.4 Å². The van der Waals surface area contributed by atoms with E-state index in [9.17, 15) is 4.79 Å². The largest absolute Gasteiger partial charge is 0.495 e. The number of carbonyl (C=O) groups is 1. The first-order valence-corrected chi connectivity index (χ1v) is 12.1. The Balaban J connectivity index is 1.14. The van der Waals surface area contributed by atoms with Gasteiger partial charge in [0.25, 0.3) is 0 Å². The Hall–Kier alpha value is -3.20. The molecule has 1 spiro atoms. The van der Waals surface area contributed by atoms with Gasteiger partial charge in [-0.2, -0.15) is 0 Å². The number of anilines is 2. The second-order valence-corrected chi connectivity index (χ2v) is 9.46. The van der Waals surface area contributed by atoms with Gasteiger partial charge in [0, 0.05) is 37.9 Å². The number of fused-ring (bicyclic) bond motifs is 1. The lowest BCUT2D eigenvalue weighted by Crippen LogP contribution is -2.46. The van der Waals surface area contributed by atoms with Crippen LogP contribution in [0.2, 0.25) is 0 Å². The van der Waals surface area contributed by atoms with Gasteiger partial charge in [0.05, 0.1) is 12.8 Å². The number of likely N-dealkylation sites (tertiary alicyclic amines) is 2. The van der Waals surface area contributed by atoms with E-state index >= 15 is 0 Å². The smallest absolute Gasteiger partial charge is 0.321 e. The van der Waals surface area contributed by atoms with E-state index in [0.717, 1.165) is 67.7 Å². The Labute approximate surface area is 205 Å². The highest BCUT2D eigenvalue weighted by molar-refractivity contribution is 7.80. The fraction of sp³-hybridized carbons (Fsp3) is 0.440. The van der Waals surface area contributed by atoms with E-state index in [1.165, 1.54) is 0 Å². The van der Waals surface area contributed by atoms with Crippen LogP contribution in [0.3, 0.4) is 0 Å². The average molecular weight is 483 g/mol. The number of methoxy groups -OCH3 is 1. The number of nitrogens with zero attached hydrogens (tertiary/aromatic N) is 2. The first-order chi connectivity index (χ1) is 16.5. The Morgan fingerprint density at radius 2 is 1.68 bits per heavy atom. The monoisotopic (exact) mass is 482 g/mol. The fourth-order valence-corrected chi connectivity index (χ4v) is 5.24. The number of amides is 2. The predicted molar refractivity (Wildman–Crippen MR) is 135 cm³/mol. The lowest BCUT2D eigenvalue weighted by atomic mass is 9.78. The number of nitrogens with one attached hydrogen (secondary N) is 2. The van der Waals surface area contributed by atoms with Crippen LogP contribution in [0.4, 0.5) is 16.2 Å². The molecule has 0 bridgehead atoms. The summed E-state index contributed by atoms with van der Waals surface area (Å²) in [6.07, 6.45) is 3.02. The highest BCUT2D eigenvalue weighted by atomic mass is 32.1. The molecule has 2 N–H and O–H groups in total. The van der Waals surface area contributed by atoms with Gasteiger partial charge in [-0.1, -0.05) is 12.1 Å². The van der Waals surface area contributed by atoms with Gasteiger partial charge in [-0.3, -0.25) is 0 Å². The second-order valence-electron chi connectivity index (χ2n) is 9.08. The molecule has 0 unspecified atom stereocenters. The zero-order chi connectivity index (χ0) is 23.5. The van der Waals surface area contributed by atoms with Crippen LogP contribution in [-0.4, -0.2) is 67.4 Å². The second kappa shape index (κ2) is 9.58. The molecule has 3 aliphatic heterocycles. The summed E-state index contributed by atoms with van der Waals surface area (Å²) in [4.78, 5) is 17.0. The summed E-state index contributed by atoms with van der Waals surface area (Å²) in [5.74, 6) is 2.18. The van der Waals surface area contributed by atoms with Gasteiger partial charge in [-0.15, -0.1) is 0 Å². The number of benzene rings is 2. The normalized spacial score (nSPS) is 18.5. The molecule has 34 heavy (non-hydrogen) atoms. The average Bonchev–Trinajstić information content (AvgIpc) is 3.28. The van der Waals surface area contributed by atoms with Gasteiger partial charge in [0.2, 0.25) is 0 Å². The van der Waals surface area contributed by atoms with Crippen LogP contribution in [0.25, 0.3) is 0 Å². The predicted octanol–water partition coefficient (Wildman–Crippen LogP) is 4.18. The topological polar surface area (TPSA) is 75.3 Å². The van der Waals surface area contributed by atoms with Crippen molar-refractivity contribution in [2.24, 2.45) is 5.41 Å². The Bertz CT molecular complexity index is 1070. The number of carbonyl (C=O) groups excluding carboxylic acids is 1. The number of rotatable bonds is 3. The maximum absolute atomic E-state index is 12.8. The molecule has 3 heterocycles. The maximum atomic E-state index is 12.8. The number of hydrogen-bond donors (Lipinski definition) is 2. The van der Waals surface area contributed by atoms with Crippen molar-refractivity contribution < 1.29 is 19.0 Å². The van der Waals surface area contributed by atoms with Gasteiger partial charge in [-0.25, -0.2) is 4.79 Å². The molecular weight excluding hydrogens is 452 g/mol. The fourth-order valence-electron chi connectivity index (χ4n) is 4.97. The molecule has 3 aliphatic rings. The van der Waals surface area contributed by atoms with E-state index in [2.05, 4.69) is 15.5 Å². The molecule has 2 aromatic carbocycles. The van der Waals surface area contributed by atoms with Crippen LogP contribution >= 0.6 is 12.2 Å². The minimum atomic E-state index is -0.0787. The molecule has 0 atom stereocenters. The van der Waals surface area contributed by atoms with E-state index in [1.807, 2.05) is 47.4 Å². The first kappa shape index (κ1) is 22.6. The molecule has 0 aromatic heterocycles. The van der Waals surface area contributed by atoms with Crippen molar-refractivity contribution in [2.75, 3.05) is 57.1 Å². The van der Waals surface area contributed by atoms with E-state index in [-0.39, 0.29) is 11.4 Å². The zero-order valence-corrected chi connectivity index (χ0v) is 20.2. The van der Waals surface area contributed by atoms with Crippen molar-refractivity contribution in [1.82, 2.24) is 9.80 Å². The summed E-state index contributed by atoms with van der Waals surface area (Å²) in [6, 6.07) is 13.2. The number of ether oxygens (including phenoxy) is 3. The first-order valence-electron chi connectivity index (χ1n) is 11.7. The lowest BCUT2D eigenvalue weighted by molar-refractivity contribution is 0.132. The van der Waals surface area contributed by atoms with Crippen LogP contribution in [0, 0.1) is 5.41 Å². The van der Waals surface area contributed by atoms with E-state index in [0.29, 0.717) is 24.7 Å². The Morgan fingerprint density at radius 3 is 2.44 bits per heavy atom. The van der Waals surface area contributed by atoms with Crippen LogP contribution in [0.1, 0.15) is 19.3 Å². The van der Waals surface area contributed by atoms with Crippen molar-refractivity contribution in [3.63, 3.8) is 0 Å². The van der Waals surface area contributed by atoms with E-state index < -0.39 is 0 Å². The third-order valence-electron chi connectivity index (χ3n) is 6.98. The molecule has 5 rings (SSSR count). The van der Waals surface area contributed by atoms with Gasteiger partial charge in [0.15, 0.2) is 16.6 Å². The third kappa shape index (κ3) is 4.70. The number of thiocarbonyl (C=S) groups is 1. The number of piperidine rings is 1. The van der Waals surface area contributed by atoms with Crippen molar-refractivity contribution in [3.05, 3.63) is 42.5 Å². The minimum absolute atomic E-state index is 0.0787. The molecule has 180 valence electrons. The van der Waals surface area contributed by atoms with Gasteiger partial charge in [0.1, 0.15) is 19.0 Å². The van der Waals surface area contributed by atoms with Crippen molar-refractivity contribution in [2.45, 2.75) is 19.3 Å². The minimum Gasteiger partial charge on any atom is -0.495 e. The van der Waals surface area contributed by atoms with Crippen molar-refractivity contribution in [1.29, 1.82) is 0 Å². The quantitative estimate of drug-likeness (QED) is 0.636. The molecule has 9 heteroatoms. The standard InChI is InChI=1S/C25H30N4O4S/c1-31-20-5-3-2-4-19(20)27-23(30)28-11-8-25(9-12-28)10-13-29(17-25)24(34)26-18-6-7-21-22(16-18)33-15-14-32-21/h2-7,16H,8-15,17H2,1H3,(H,26,34)(H,27,30). The molecule has 0 radical (unpaired) electrons. The Morgan fingerprint density at radius 1 is 0.971 bits per heavy atom. The summed E-state index contributed by atoms with van der Waals surface area (Å²) in [6.45, 7) is 4.43. The van der Waals surface area contributed by atoms with Crippen LogP contribution in [0.15, 0.2) is 42.5 Å². The third-order valence-corrected chi connectivity index (χ3v) is 7.34. The van der Waals surface area contributed by atoms with Gasteiger partial charge < -0.3 is 34.6 Å². The number of urea groups is 1. The van der Waals surface area contributed by atoms with Crippen LogP contribution in [-0.2, 0) is 0 Å². The number of hydrogen-bond acceptors (Lipinski definition) is 5. The van der Waals surface area contributed by atoms with Crippen LogP contribution in [0.5, 0.6) is 17.2 Å². The molecule has 2 aromatic rings. The summed E-state index contributed by atoms with van der Waals surface area (Å²) in [7, 11) is 1.61. The molecule has 2 fully saturated rings. The highest BCUT2D eigenvalue weighted by Gasteiger charge is 2.42. The molecule has 0 saturated carbocycles. The molecule has 8 nitrogen and oxygen atoms in total. The molecule has 2 amide bonds. The molecular formula is C25H30N4O4S. The van der Waals surface area contributed by atoms with Gasteiger partial charge >= 0.3 is 6.03 Å². The summed E-state index contributed by atoms with van der Waals surface area (Å²) < 4.78 is 16.6. The molecule has 0 aliphatic carbocycles. The maximum Gasteiger partial charge on any atom is 0.321 e. The van der Waals surface area contributed by atoms with Crippen LogP contribution < -0.4 is 24.8 Å². The zero-order valence-electron chi connectivity index (χ0n) is 19.3.